The zero-order valence-electron chi connectivity index (χ0n) is 20.0. The molecule has 1 aromatic carbocycles. The van der Waals surface area contributed by atoms with Crippen LogP contribution >= 0.6 is 11.6 Å². The number of hydrogen-bond acceptors (Lipinski definition) is 5. The molecular weight excluding hydrogens is 428 g/mol. The Bertz CT molecular complexity index is 868. The van der Waals surface area contributed by atoms with Gasteiger partial charge in [-0.2, -0.15) is 0 Å². The third-order valence-electron chi connectivity index (χ3n) is 4.13. The van der Waals surface area contributed by atoms with Gasteiger partial charge in [-0.1, -0.05) is 77.1 Å². The van der Waals surface area contributed by atoms with Crippen molar-refractivity contribution in [1.82, 2.24) is 15.6 Å². The van der Waals surface area contributed by atoms with Crippen molar-refractivity contribution < 1.29 is 14.3 Å². The van der Waals surface area contributed by atoms with Gasteiger partial charge in [0.25, 0.3) is 5.91 Å². The summed E-state index contributed by atoms with van der Waals surface area (Å²) in [7, 11) is 3.05. The number of nitrogens with one attached hydrogen (secondary N) is 2. The zero-order chi connectivity index (χ0) is 24.9. The van der Waals surface area contributed by atoms with Crippen LogP contribution in [-0.2, 0) is 14.9 Å². The van der Waals surface area contributed by atoms with Gasteiger partial charge in [-0.15, -0.1) is 0 Å². The highest BCUT2D eigenvalue weighted by molar-refractivity contribution is 6.33. The number of ether oxygens (including phenoxy) is 1. The number of benzene rings is 1. The standard InChI is InChI=1S/C19H23ClN4O2.C3H6O.C2H6/c1-19(2,3)12-7-5-11(6-8-12)14-9-13(21)16(17(20)24-14)18(26)23-10-15(25)22-4;1-3-4-2;1-2/h5-9H,10H2,1-4H3,(H2,21,24)(H,22,25)(H,23,26);3H,1H2,2H3;1-2H3. The van der Waals surface area contributed by atoms with Gasteiger partial charge in [0, 0.05) is 18.3 Å². The van der Waals surface area contributed by atoms with Crippen LogP contribution in [0.5, 0.6) is 0 Å². The molecule has 2 amide bonds. The minimum Gasteiger partial charge on any atom is -0.505 e. The molecular formula is C24H35ClN4O3. The molecule has 32 heavy (non-hydrogen) atoms. The van der Waals surface area contributed by atoms with E-state index in [4.69, 9.17) is 17.3 Å². The van der Waals surface area contributed by atoms with Gasteiger partial charge >= 0.3 is 0 Å². The molecule has 0 aliphatic carbocycles. The number of nitrogens with zero attached hydrogens (tertiary/aromatic N) is 1. The maximum Gasteiger partial charge on any atom is 0.256 e. The molecule has 0 unspecified atom stereocenters. The Hall–Kier alpha value is -3.06. The third-order valence-corrected chi connectivity index (χ3v) is 4.41. The van der Waals surface area contributed by atoms with Crippen LogP contribution in [0.1, 0.15) is 50.5 Å². The highest BCUT2D eigenvalue weighted by atomic mass is 35.5. The first-order chi connectivity index (χ1) is 15.0. The van der Waals surface area contributed by atoms with E-state index in [1.807, 2.05) is 38.1 Å². The molecule has 0 spiro atoms. The summed E-state index contributed by atoms with van der Waals surface area (Å²) in [5.74, 6) is -0.866. The van der Waals surface area contributed by atoms with Crippen molar-refractivity contribution in [3.63, 3.8) is 0 Å². The molecule has 0 radical (unpaired) electrons. The van der Waals surface area contributed by atoms with Crippen molar-refractivity contribution in [2.24, 2.45) is 0 Å². The van der Waals surface area contributed by atoms with Crippen molar-refractivity contribution in [3.8, 4) is 11.3 Å². The van der Waals surface area contributed by atoms with E-state index in [1.165, 1.54) is 18.9 Å². The summed E-state index contributed by atoms with van der Waals surface area (Å²) in [6.45, 7) is 13.5. The van der Waals surface area contributed by atoms with Crippen LogP contribution in [0.25, 0.3) is 11.3 Å². The first-order valence-corrected chi connectivity index (χ1v) is 10.6. The SMILES string of the molecule is C=COC.CC.CNC(=O)CNC(=O)c1c(N)cc(-c2ccc(C(C)(C)C)cc2)nc1Cl. The van der Waals surface area contributed by atoms with E-state index >= 15 is 0 Å². The van der Waals surface area contributed by atoms with Crippen molar-refractivity contribution in [2.45, 2.75) is 40.0 Å². The normalized spacial score (nSPS) is 9.88. The predicted molar refractivity (Wildman–Crippen MR) is 133 cm³/mol. The van der Waals surface area contributed by atoms with E-state index in [2.05, 4.69) is 47.7 Å². The largest absolute Gasteiger partial charge is 0.505 e. The van der Waals surface area contributed by atoms with Crippen LogP contribution < -0.4 is 16.4 Å². The molecule has 7 nitrogen and oxygen atoms in total. The number of carbonyl (C=O) groups is 2. The van der Waals surface area contributed by atoms with Gasteiger partial charge in [0.2, 0.25) is 5.91 Å². The zero-order valence-corrected chi connectivity index (χ0v) is 20.8. The fourth-order valence-electron chi connectivity index (χ4n) is 2.38. The van der Waals surface area contributed by atoms with Crippen molar-refractivity contribution in [2.75, 3.05) is 26.4 Å². The molecule has 8 heteroatoms. The van der Waals surface area contributed by atoms with Gasteiger partial charge in [-0.3, -0.25) is 9.59 Å². The second kappa shape index (κ2) is 14.1. The van der Waals surface area contributed by atoms with Gasteiger partial charge in [-0.05, 0) is 17.0 Å². The Balaban J connectivity index is 0.00000144. The quantitative estimate of drug-likeness (QED) is 0.446. The van der Waals surface area contributed by atoms with E-state index in [1.54, 1.807) is 13.2 Å². The van der Waals surface area contributed by atoms with Crippen LogP contribution in [0.4, 0.5) is 5.69 Å². The fraction of sp³-hybridized carbons (Fsp3) is 0.375. The van der Waals surface area contributed by atoms with Crippen LogP contribution in [0.3, 0.4) is 0 Å². The van der Waals surface area contributed by atoms with Crippen molar-refractivity contribution >= 4 is 29.1 Å². The van der Waals surface area contributed by atoms with Crippen LogP contribution in [0.15, 0.2) is 43.2 Å². The summed E-state index contributed by atoms with van der Waals surface area (Å²) in [5.41, 5.74) is 8.96. The minimum absolute atomic E-state index is 0.00527. The lowest BCUT2D eigenvalue weighted by molar-refractivity contribution is -0.119. The lowest BCUT2D eigenvalue weighted by Crippen LogP contribution is -2.35. The fourth-order valence-corrected chi connectivity index (χ4v) is 2.67. The number of hydrogen-bond donors (Lipinski definition) is 3. The van der Waals surface area contributed by atoms with Gasteiger partial charge in [-0.25, -0.2) is 4.98 Å². The second-order valence-electron chi connectivity index (χ2n) is 7.35. The maximum atomic E-state index is 12.2. The summed E-state index contributed by atoms with van der Waals surface area (Å²) in [6.07, 6.45) is 1.38. The maximum absolute atomic E-state index is 12.2. The average molecular weight is 463 g/mol. The average Bonchev–Trinajstić information content (AvgIpc) is 2.77. The summed E-state index contributed by atoms with van der Waals surface area (Å²) in [6, 6.07) is 9.57. The first-order valence-electron chi connectivity index (χ1n) is 10.2. The smallest absolute Gasteiger partial charge is 0.256 e. The summed E-state index contributed by atoms with van der Waals surface area (Å²) >= 11 is 6.18. The number of amides is 2. The molecule has 0 aliphatic rings. The minimum atomic E-state index is -0.543. The lowest BCUT2D eigenvalue weighted by atomic mass is 9.86. The number of halogens is 1. The molecule has 0 atom stereocenters. The molecule has 2 aromatic rings. The predicted octanol–water partition coefficient (Wildman–Crippen LogP) is 4.56. The Morgan fingerprint density at radius 2 is 1.75 bits per heavy atom. The number of rotatable bonds is 5. The van der Waals surface area contributed by atoms with Gasteiger partial charge < -0.3 is 21.1 Å². The highest BCUT2D eigenvalue weighted by Crippen LogP contribution is 2.29. The third kappa shape index (κ3) is 8.98. The lowest BCUT2D eigenvalue weighted by Gasteiger charge is -2.19. The van der Waals surface area contributed by atoms with Gasteiger partial charge in [0.05, 0.1) is 31.2 Å². The number of anilines is 1. The van der Waals surface area contributed by atoms with Crippen LogP contribution in [0.2, 0.25) is 5.15 Å². The molecule has 0 saturated carbocycles. The Kier molecular flexibility index (Phi) is 12.7. The van der Waals surface area contributed by atoms with E-state index in [0.29, 0.717) is 5.69 Å². The Morgan fingerprint density at radius 1 is 1.22 bits per heavy atom. The van der Waals surface area contributed by atoms with Crippen molar-refractivity contribution in [3.05, 3.63) is 59.5 Å². The molecule has 0 fully saturated rings. The number of pyridine rings is 1. The van der Waals surface area contributed by atoms with Gasteiger partial charge in [0.15, 0.2) is 0 Å². The molecule has 1 aromatic heterocycles. The highest BCUT2D eigenvalue weighted by Gasteiger charge is 2.19. The molecule has 2 rings (SSSR count). The molecule has 0 bridgehead atoms. The summed E-state index contributed by atoms with van der Waals surface area (Å²) < 4.78 is 4.31. The Labute approximate surface area is 196 Å². The summed E-state index contributed by atoms with van der Waals surface area (Å²) in [5, 5.41) is 4.87. The number of methoxy groups -OCH3 is 1. The van der Waals surface area contributed by atoms with Crippen LogP contribution in [-0.4, -0.2) is 37.5 Å². The van der Waals surface area contributed by atoms with E-state index in [9.17, 15) is 9.59 Å². The summed E-state index contributed by atoms with van der Waals surface area (Å²) in [4.78, 5) is 27.8. The van der Waals surface area contributed by atoms with E-state index in [-0.39, 0.29) is 34.3 Å². The number of aromatic nitrogens is 1. The monoisotopic (exact) mass is 462 g/mol. The molecule has 0 saturated heterocycles. The second-order valence-corrected chi connectivity index (χ2v) is 7.71. The first kappa shape index (κ1) is 28.9. The molecule has 176 valence electrons. The van der Waals surface area contributed by atoms with Gasteiger partial charge in [0.1, 0.15) is 5.15 Å². The van der Waals surface area contributed by atoms with Crippen LogP contribution in [0, 0.1) is 0 Å². The number of nitrogens with two attached hydrogens (primary N) is 1. The Morgan fingerprint density at radius 3 is 2.16 bits per heavy atom. The number of carbonyl (C=O) groups excluding carboxylic acids is 2. The molecule has 1 heterocycles. The van der Waals surface area contributed by atoms with E-state index in [0.717, 1.165) is 5.56 Å². The number of likely N-dealkylation sites (N-methyl/N-ethyl adjacent to an activating group) is 1. The van der Waals surface area contributed by atoms with Crippen molar-refractivity contribution in [1.29, 1.82) is 0 Å². The topological polar surface area (TPSA) is 106 Å². The number of nitrogen functional groups attached to an aromatic ring is 1. The molecule has 4 N–H and O–H groups in total. The molecule has 0 aliphatic heterocycles. The van der Waals surface area contributed by atoms with E-state index < -0.39 is 5.91 Å².